The van der Waals surface area contributed by atoms with Crippen molar-refractivity contribution in [2.45, 2.75) is 64.8 Å². The first kappa shape index (κ1) is 15.2. The average molecular weight is 248 g/mol. The second-order valence-electron chi connectivity index (χ2n) is 5.07. The van der Waals surface area contributed by atoms with Crippen LogP contribution in [0.4, 0.5) is 0 Å². The molecule has 0 aliphatic heterocycles. The Balaban J connectivity index is 2.08. The van der Waals surface area contributed by atoms with Gasteiger partial charge in [-0.05, 0) is 24.0 Å². The second kappa shape index (κ2) is 10.1. The Kier molecular flexibility index (Phi) is 8.53. The summed E-state index contributed by atoms with van der Waals surface area (Å²) in [5, 5.41) is 0. The van der Waals surface area contributed by atoms with Gasteiger partial charge in [-0.3, -0.25) is 11.3 Å². The number of hydrogen-bond donors (Lipinski definition) is 2. The summed E-state index contributed by atoms with van der Waals surface area (Å²) in [7, 11) is 0. The van der Waals surface area contributed by atoms with E-state index in [0.717, 1.165) is 6.54 Å². The van der Waals surface area contributed by atoms with Gasteiger partial charge in [-0.1, -0.05) is 69.7 Å². The van der Waals surface area contributed by atoms with Gasteiger partial charge in [0, 0.05) is 6.54 Å². The minimum atomic E-state index is 0.748. The van der Waals surface area contributed by atoms with Crippen LogP contribution in [0.2, 0.25) is 0 Å². The highest BCUT2D eigenvalue weighted by molar-refractivity contribution is 5.22. The molecule has 0 bridgehead atoms. The van der Waals surface area contributed by atoms with Gasteiger partial charge in [-0.25, -0.2) is 0 Å². The van der Waals surface area contributed by atoms with E-state index in [-0.39, 0.29) is 0 Å². The minimum Gasteiger partial charge on any atom is -0.271 e. The van der Waals surface area contributed by atoms with Gasteiger partial charge in [0.15, 0.2) is 0 Å². The summed E-state index contributed by atoms with van der Waals surface area (Å²) in [6.45, 7) is 3.02. The second-order valence-corrected chi connectivity index (χ2v) is 5.07. The molecule has 18 heavy (non-hydrogen) atoms. The first-order valence-corrected chi connectivity index (χ1v) is 7.38. The molecule has 0 heterocycles. The van der Waals surface area contributed by atoms with E-state index in [1.165, 1.54) is 62.5 Å². The summed E-state index contributed by atoms with van der Waals surface area (Å²) in [6.07, 6.45) is 10.9. The van der Waals surface area contributed by atoms with Crippen LogP contribution in [-0.4, -0.2) is 0 Å². The number of benzene rings is 1. The van der Waals surface area contributed by atoms with E-state index >= 15 is 0 Å². The first-order chi connectivity index (χ1) is 8.86. The van der Waals surface area contributed by atoms with Gasteiger partial charge < -0.3 is 0 Å². The molecule has 0 fully saturated rings. The van der Waals surface area contributed by atoms with Crippen molar-refractivity contribution in [3.8, 4) is 0 Å². The maximum atomic E-state index is 5.30. The van der Waals surface area contributed by atoms with E-state index in [1.54, 1.807) is 0 Å². The zero-order valence-electron chi connectivity index (χ0n) is 11.8. The van der Waals surface area contributed by atoms with E-state index < -0.39 is 0 Å². The van der Waals surface area contributed by atoms with Crippen molar-refractivity contribution in [1.82, 2.24) is 5.43 Å². The Morgan fingerprint density at radius 3 is 2.00 bits per heavy atom. The summed E-state index contributed by atoms with van der Waals surface area (Å²) in [4.78, 5) is 0. The third-order valence-corrected chi connectivity index (χ3v) is 3.40. The molecule has 2 nitrogen and oxygen atoms in total. The minimum absolute atomic E-state index is 0.748. The number of rotatable bonds is 10. The van der Waals surface area contributed by atoms with E-state index in [1.807, 2.05) is 0 Å². The van der Waals surface area contributed by atoms with Crippen LogP contribution < -0.4 is 11.3 Å². The topological polar surface area (TPSA) is 38.0 Å². The van der Waals surface area contributed by atoms with Crippen LogP contribution in [0.5, 0.6) is 0 Å². The molecule has 0 aliphatic rings. The predicted octanol–water partition coefficient (Wildman–Crippen LogP) is 3.94. The van der Waals surface area contributed by atoms with Crippen molar-refractivity contribution < 1.29 is 0 Å². The Morgan fingerprint density at radius 2 is 1.39 bits per heavy atom. The maximum absolute atomic E-state index is 5.30. The molecule has 0 unspecified atom stereocenters. The Morgan fingerprint density at radius 1 is 0.833 bits per heavy atom. The lowest BCUT2D eigenvalue weighted by atomic mass is 10.0. The van der Waals surface area contributed by atoms with Crippen LogP contribution >= 0.6 is 0 Å². The monoisotopic (exact) mass is 248 g/mol. The van der Waals surface area contributed by atoms with Gasteiger partial charge in [-0.2, -0.15) is 0 Å². The first-order valence-electron chi connectivity index (χ1n) is 7.38. The molecule has 3 N–H and O–H groups in total. The number of nitrogens with two attached hydrogens (primary N) is 1. The summed E-state index contributed by atoms with van der Waals surface area (Å²) in [5.74, 6) is 5.30. The fourth-order valence-electron chi connectivity index (χ4n) is 2.23. The normalized spacial score (nSPS) is 10.8. The molecule has 0 atom stereocenters. The fourth-order valence-corrected chi connectivity index (χ4v) is 2.23. The van der Waals surface area contributed by atoms with E-state index in [4.69, 9.17) is 5.84 Å². The van der Waals surface area contributed by atoms with Gasteiger partial charge >= 0.3 is 0 Å². The Bertz CT molecular complexity index is 292. The molecule has 0 saturated heterocycles. The maximum Gasteiger partial charge on any atom is 0.0348 e. The largest absolute Gasteiger partial charge is 0.271 e. The summed E-state index contributed by atoms with van der Waals surface area (Å²) in [6, 6.07) is 8.78. The molecule has 0 radical (unpaired) electrons. The number of nitrogens with one attached hydrogen (secondary N) is 1. The molecule has 0 saturated carbocycles. The van der Waals surface area contributed by atoms with Crippen LogP contribution in [0.25, 0.3) is 0 Å². The van der Waals surface area contributed by atoms with E-state index in [2.05, 4.69) is 36.6 Å². The van der Waals surface area contributed by atoms with Gasteiger partial charge in [0.2, 0.25) is 0 Å². The average Bonchev–Trinajstić information content (AvgIpc) is 2.40. The quantitative estimate of drug-likeness (QED) is 0.374. The molecule has 102 valence electrons. The molecule has 1 aromatic carbocycles. The summed E-state index contributed by atoms with van der Waals surface area (Å²) in [5.41, 5.74) is 5.38. The van der Waals surface area contributed by atoms with Crippen LogP contribution in [0.1, 0.15) is 63.0 Å². The van der Waals surface area contributed by atoms with Gasteiger partial charge in [0.05, 0.1) is 0 Å². The number of hydrogen-bond acceptors (Lipinski definition) is 2. The van der Waals surface area contributed by atoms with Crippen molar-refractivity contribution in [3.63, 3.8) is 0 Å². The molecule has 1 aromatic rings. The number of unbranched alkanes of at least 4 members (excludes halogenated alkanes) is 6. The van der Waals surface area contributed by atoms with Crippen LogP contribution in [0.15, 0.2) is 24.3 Å². The fraction of sp³-hybridized carbons (Fsp3) is 0.625. The lowest BCUT2D eigenvalue weighted by Crippen LogP contribution is -2.20. The van der Waals surface area contributed by atoms with Crippen molar-refractivity contribution in [1.29, 1.82) is 0 Å². The lowest BCUT2D eigenvalue weighted by molar-refractivity contribution is 0.589. The molecule has 1 rings (SSSR count). The lowest BCUT2D eigenvalue weighted by Gasteiger charge is -2.04. The molecule has 0 spiro atoms. The van der Waals surface area contributed by atoms with Gasteiger partial charge in [0.1, 0.15) is 0 Å². The molecule has 0 aliphatic carbocycles. The zero-order chi connectivity index (χ0) is 13.1. The highest BCUT2D eigenvalue weighted by atomic mass is 15.2. The van der Waals surface area contributed by atoms with Crippen molar-refractivity contribution in [2.75, 3.05) is 0 Å². The molecular formula is C16H28N2. The highest BCUT2D eigenvalue weighted by Crippen LogP contribution is 2.11. The molecule has 2 heteroatoms. The molecule has 0 aromatic heterocycles. The SMILES string of the molecule is CCCCCCCCCc1ccc(CNN)cc1. The van der Waals surface area contributed by atoms with Crippen molar-refractivity contribution >= 4 is 0 Å². The van der Waals surface area contributed by atoms with Crippen molar-refractivity contribution in [3.05, 3.63) is 35.4 Å². The standard InChI is InChI=1S/C16H28N2/c1-2-3-4-5-6-7-8-9-15-10-12-16(13-11-15)14-18-17/h10-13,18H,2-9,14,17H2,1H3. The predicted molar refractivity (Wildman–Crippen MR) is 79.2 cm³/mol. The summed E-state index contributed by atoms with van der Waals surface area (Å²) < 4.78 is 0. The highest BCUT2D eigenvalue weighted by Gasteiger charge is 1.95. The van der Waals surface area contributed by atoms with E-state index in [9.17, 15) is 0 Å². The zero-order valence-corrected chi connectivity index (χ0v) is 11.8. The summed E-state index contributed by atoms with van der Waals surface area (Å²) >= 11 is 0. The molecule has 0 amide bonds. The van der Waals surface area contributed by atoms with Crippen LogP contribution in [0, 0.1) is 0 Å². The third kappa shape index (κ3) is 6.77. The molecular weight excluding hydrogens is 220 g/mol. The van der Waals surface area contributed by atoms with Gasteiger partial charge in [-0.15, -0.1) is 0 Å². The number of aryl methyl sites for hydroxylation is 1. The number of hydrazine groups is 1. The van der Waals surface area contributed by atoms with Crippen LogP contribution in [0.3, 0.4) is 0 Å². The van der Waals surface area contributed by atoms with Gasteiger partial charge in [0.25, 0.3) is 0 Å². The van der Waals surface area contributed by atoms with Crippen molar-refractivity contribution in [2.24, 2.45) is 5.84 Å². The van der Waals surface area contributed by atoms with Crippen LogP contribution in [-0.2, 0) is 13.0 Å². The van der Waals surface area contributed by atoms with E-state index in [0.29, 0.717) is 0 Å². The Hall–Kier alpha value is -0.860. The smallest absolute Gasteiger partial charge is 0.0348 e. The third-order valence-electron chi connectivity index (χ3n) is 3.40. The Labute approximate surface area is 112 Å².